The lowest BCUT2D eigenvalue weighted by molar-refractivity contribution is 0.00578. The third-order valence-corrected chi connectivity index (χ3v) is 6.14. The van der Waals surface area contributed by atoms with Crippen LogP contribution < -0.4 is 5.32 Å². The molecule has 0 spiro atoms. The molecular weight excluding hydrogens is 399 g/mol. The molecule has 3 rings (SSSR count). The van der Waals surface area contributed by atoms with E-state index >= 15 is 0 Å². The first kappa shape index (κ1) is 22.1. The molecule has 156 valence electrons. The Balaban J connectivity index is 1.70. The van der Waals surface area contributed by atoms with Crippen LogP contribution in [0, 0.1) is 11.3 Å². The van der Waals surface area contributed by atoms with Gasteiger partial charge < -0.3 is 19.4 Å². The quantitative estimate of drug-likeness (QED) is 0.688. The van der Waals surface area contributed by atoms with Crippen LogP contribution in [0.5, 0.6) is 0 Å². The van der Waals surface area contributed by atoms with Crippen molar-refractivity contribution in [3.05, 3.63) is 63.3 Å². The molecule has 30 heavy (non-hydrogen) atoms. The summed E-state index contributed by atoms with van der Waals surface area (Å²) < 4.78 is 17.6. The van der Waals surface area contributed by atoms with E-state index in [1.165, 1.54) is 11.3 Å². The van der Waals surface area contributed by atoms with Crippen molar-refractivity contribution >= 4 is 30.6 Å². The second-order valence-electron chi connectivity index (χ2n) is 8.08. The van der Waals surface area contributed by atoms with E-state index in [1.54, 1.807) is 6.07 Å². The average molecular weight is 424 g/mol. The number of thiophene rings is 1. The van der Waals surface area contributed by atoms with Crippen molar-refractivity contribution in [3.8, 4) is 6.07 Å². The smallest absolute Gasteiger partial charge is 0.445 e. The van der Waals surface area contributed by atoms with Crippen LogP contribution in [0.2, 0.25) is 0 Å². The number of nitrogens with zero attached hydrogens (tertiary/aromatic N) is 1. The van der Waals surface area contributed by atoms with Crippen LogP contribution in [0.1, 0.15) is 43.7 Å². The van der Waals surface area contributed by atoms with Gasteiger partial charge in [-0.15, -0.1) is 11.3 Å². The number of hydrogen-bond donors (Lipinski definition) is 1. The lowest BCUT2D eigenvalue weighted by Gasteiger charge is -2.32. The number of nitrogens with one attached hydrogen (secondary N) is 1. The molecule has 1 amide bonds. The minimum Gasteiger partial charge on any atom is -0.445 e. The fourth-order valence-corrected chi connectivity index (χ4v) is 3.50. The van der Waals surface area contributed by atoms with Gasteiger partial charge >= 0.3 is 13.2 Å². The first-order valence-electron chi connectivity index (χ1n) is 9.69. The first-order chi connectivity index (χ1) is 14.2. The summed E-state index contributed by atoms with van der Waals surface area (Å²) >= 11 is 1.36. The average Bonchev–Trinajstić information content (AvgIpc) is 3.25. The number of benzene rings is 1. The zero-order valence-corrected chi connectivity index (χ0v) is 18.4. The van der Waals surface area contributed by atoms with E-state index in [0.29, 0.717) is 4.88 Å². The zero-order chi connectivity index (χ0) is 21.8. The molecule has 2 aromatic rings. The number of alkyl carbamates (subject to hydrolysis) is 1. The van der Waals surface area contributed by atoms with Crippen molar-refractivity contribution in [2.24, 2.45) is 0 Å². The van der Waals surface area contributed by atoms with Crippen LogP contribution in [0.25, 0.3) is 6.08 Å². The molecule has 1 fully saturated rings. The van der Waals surface area contributed by atoms with Gasteiger partial charge in [0.05, 0.1) is 11.2 Å². The van der Waals surface area contributed by atoms with Gasteiger partial charge in [-0.05, 0) is 55.7 Å². The summed E-state index contributed by atoms with van der Waals surface area (Å²) in [5.74, 6) is 0. The molecule has 8 heteroatoms. The van der Waals surface area contributed by atoms with Gasteiger partial charge in [0.25, 0.3) is 0 Å². The maximum atomic E-state index is 12.2. The minimum absolute atomic E-state index is 0.193. The molecule has 0 atom stereocenters. The third kappa shape index (κ3) is 5.31. The summed E-state index contributed by atoms with van der Waals surface area (Å²) in [6, 6.07) is 13.4. The number of nitriles is 1. The molecule has 1 saturated heterocycles. The van der Waals surface area contributed by atoms with Gasteiger partial charge in [0.1, 0.15) is 17.6 Å². The van der Waals surface area contributed by atoms with Crippen molar-refractivity contribution < 1.29 is 18.8 Å². The number of hydrogen-bond acceptors (Lipinski definition) is 6. The second kappa shape index (κ2) is 9.05. The van der Waals surface area contributed by atoms with Crippen LogP contribution in [0.4, 0.5) is 4.79 Å². The topological polar surface area (TPSA) is 80.6 Å². The van der Waals surface area contributed by atoms with Crippen LogP contribution in [-0.2, 0) is 20.7 Å². The number of carbonyl (C=O) groups is 1. The van der Waals surface area contributed by atoms with Gasteiger partial charge in [-0.3, -0.25) is 0 Å². The molecule has 0 bridgehead atoms. The van der Waals surface area contributed by atoms with Gasteiger partial charge in [-0.25, -0.2) is 4.79 Å². The Kier molecular flexibility index (Phi) is 6.66. The van der Waals surface area contributed by atoms with E-state index in [-0.39, 0.29) is 13.2 Å². The van der Waals surface area contributed by atoms with E-state index < -0.39 is 24.4 Å². The molecule has 0 unspecified atom stereocenters. The van der Waals surface area contributed by atoms with E-state index in [0.717, 1.165) is 16.6 Å². The largest absolute Gasteiger partial charge is 0.492 e. The molecule has 0 radical (unpaired) electrons. The molecule has 1 aromatic heterocycles. The highest BCUT2D eigenvalue weighted by Crippen LogP contribution is 2.38. The van der Waals surface area contributed by atoms with Gasteiger partial charge in [-0.1, -0.05) is 36.4 Å². The van der Waals surface area contributed by atoms with Crippen LogP contribution in [0.3, 0.4) is 0 Å². The highest BCUT2D eigenvalue weighted by atomic mass is 32.1. The van der Waals surface area contributed by atoms with Gasteiger partial charge in [0.15, 0.2) is 0 Å². The summed E-state index contributed by atoms with van der Waals surface area (Å²) in [4.78, 5) is 12.8. The summed E-state index contributed by atoms with van der Waals surface area (Å²) in [5.41, 5.74) is 1.51. The molecule has 1 aliphatic heterocycles. The first-order valence-corrected chi connectivity index (χ1v) is 10.6. The molecule has 2 heterocycles. The number of rotatable bonds is 6. The summed E-state index contributed by atoms with van der Waals surface area (Å²) in [7, 11) is -0.616. The van der Waals surface area contributed by atoms with Gasteiger partial charge in [0, 0.05) is 6.54 Å². The zero-order valence-electron chi connectivity index (χ0n) is 17.6. The maximum Gasteiger partial charge on any atom is 0.492 e. The predicted octanol–water partition coefficient (Wildman–Crippen LogP) is 4.56. The highest BCUT2D eigenvalue weighted by Gasteiger charge is 2.52. The highest BCUT2D eigenvalue weighted by molar-refractivity contribution is 7.10. The van der Waals surface area contributed by atoms with E-state index in [2.05, 4.69) is 11.4 Å². The minimum atomic E-state index is -0.616. The van der Waals surface area contributed by atoms with Crippen LogP contribution >= 0.6 is 11.3 Å². The number of amides is 1. The standard InChI is InChI=1S/C22H25BN2O4S/c1-21(2)22(3,4)29-23(28-21)18(10-17-11-19(12-24)30-15-17)13-25-20(26)27-14-16-8-6-5-7-9-16/h5-11,15H,13-14H2,1-4H3,(H,25,26). The molecule has 1 aromatic carbocycles. The van der Waals surface area contributed by atoms with Crippen molar-refractivity contribution in [2.45, 2.75) is 45.5 Å². The third-order valence-electron chi connectivity index (χ3n) is 5.29. The Morgan fingerprint density at radius 2 is 1.90 bits per heavy atom. The maximum absolute atomic E-state index is 12.2. The van der Waals surface area contributed by atoms with Gasteiger partial charge in [0.2, 0.25) is 0 Å². The molecule has 0 aliphatic carbocycles. The fraction of sp³-hybridized carbons (Fsp3) is 0.364. The normalized spacial score (nSPS) is 17.4. The Bertz CT molecular complexity index is 947. The van der Waals surface area contributed by atoms with Crippen LogP contribution in [0.15, 0.2) is 47.3 Å². The van der Waals surface area contributed by atoms with Crippen molar-refractivity contribution in [1.82, 2.24) is 5.32 Å². The number of carbonyl (C=O) groups excluding carboxylic acids is 1. The lowest BCUT2D eigenvalue weighted by atomic mass is 9.77. The second-order valence-corrected chi connectivity index (χ2v) is 8.99. The lowest BCUT2D eigenvalue weighted by Crippen LogP contribution is -2.41. The molecule has 0 saturated carbocycles. The molecule has 6 nitrogen and oxygen atoms in total. The molecule has 1 N–H and O–H groups in total. The van der Waals surface area contributed by atoms with Crippen molar-refractivity contribution in [3.63, 3.8) is 0 Å². The fourth-order valence-electron chi connectivity index (χ4n) is 2.84. The van der Waals surface area contributed by atoms with Crippen molar-refractivity contribution in [1.29, 1.82) is 5.26 Å². The Morgan fingerprint density at radius 3 is 2.50 bits per heavy atom. The molecular formula is C22H25BN2O4S. The Morgan fingerprint density at radius 1 is 1.23 bits per heavy atom. The van der Waals surface area contributed by atoms with Gasteiger partial charge in [-0.2, -0.15) is 5.26 Å². The Labute approximate surface area is 181 Å². The molecule has 1 aliphatic rings. The Hall–Kier alpha value is -2.60. The summed E-state index contributed by atoms with van der Waals surface area (Å²) in [6.07, 6.45) is 1.36. The predicted molar refractivity (Wildman–Crippen MR) is 118 cm³/mol. The van der Waals surface area contributed by atoms with E-state index in [4.69, 9.17) is 19.3 Å². The van der Waals surface area contributed by atoms with E-state index in [9.17, 15) is 4.79 Å². The van der Waals surface area contributed by atoms with E-state index in [1.807, 2.05) is 69.5 Å². The monoisotopic (exact) mass is 424 g/mol. The number of ether oxygens (including phenoxy) is 1. The SMILES string of the molecule is CC1(C)OB(C(=Cc2csc(C#N)c2)CNC(=O)OCc2ccccc2)OC1(C)C. The summed E-state index contributed by atoms with van der Waals surface area (Å²) in [5, 5.41) is 13.7. The van der Waals surface area contributed by atoms with Crippen LogP contribution in [-0.4, -0.2) is 31.0 Å². The van der Waals surface area contributed by atoms with Crippen molar-refractivity contribution in [2.75, 3.05) is 6.54 Å². The summed E-state index contributed by atoms with van der Waals surface area (Å²) in [6.45, 7) is 8.30.